The lowest BCUT2D eigenvalue weighted by Gasteiger charge is -2.27. The molecule has 0 radical (unpaired) electrons. The van der Waals surface area contributed by atoms with E-state index in [1.165, 1.54) is 0 Å². The van der Waals surface area contributed by atoms with E-state index in [0.717, 1.165) is 0 Å². The molecular weight excluding hydrogens is 140 g/mol. The van der Waals surface area contributed by atoms with Gasteiger partial charge in [-0.25, -0.2) is 0 Å². The Labute approximate surface area is 68.2 Å². The van der Waals surface area contributed by atoms with Gasteiger partial charge in [0.2, 0.25) is 0 Å². The zero-order valence-electron chi connectivity index (χ0n) is 7.70. The van der Waals surface area contributed by atoms with E-state index < -0.39 is 0 Å². The van der Waals surface area contributed by atoms with Gasteiger partial charge in [-0.3, -0.25) is 0 Å². The molecule has 0 bridgehead atoms. The van der Waals surface area contributed by atoms with Crippen LogP contribution in [0.3, 0.4) is 0 Å². The summed E-state index contributed by atoms with van der Waals surface area (Å²) in [7, 11) is 0. The van der Waals surface area contributed by atoms with Crippen LogP contribution in [-0.2, 0) is 0 Å². The maximum absolute atomic E-state index is 9.71. The lowest BCUT2D eigenvalue weighted by molar-refractivity contribution is -0.00924. The van der Waals surface area contributed by atoms with Crippen LogP contribution in [0.4, 0.5) is 0 Å². The Morgan fingerprint density at radius 3 is 1.27 bits per heavy atom. The van der Waals surface area contributed by atoms with Crippen molar-refractivity contribution in [3.63, 3.8) is 0 Å². The second-order valence-corrected chi connectivity index (χ2v) is 4.43. The fraction of sp³-hybridized carbons (Fsp3) is 1.00. The van der Waals surface area contributed by atoms with E-state index in [-0.39, 0.29) is 29.5 Å². The highest BCUT2D eigenvalue weighted by Crippen LogP contribution is 2.44. The van der Waals surface area contributed by atoms with Gasteiger partial charge in [-0.15, -0.1) is 0 Å². The highest BCUT2D eigenvalue weighted by Gasteiger charge is 2.50. The molecule has 0 amide bonds. The largest absolute Gasteiger partial charge is 0.392 e. The van der Waals surface area contributed by atoms with Crippen LogP contribution >= 0.6 is 0 Å². The first kappa shape index (κ1) is 9.01. The van der Waals surface area contributed by atoms with Crippen molar-refractivity contribution in [1.82, 2.24) is 0 Å². The molecule has 1 saturated carbocycles. The van der Waals surface area contributed by atoms with Crippen LogP contribution in [0, 0.1) is 17.3 Å². The van der Waals surface area contributed by atoms with Gasteiger partial charge in [-0.05, 0) is 11.8 Å². The lowest BCUT2D eigenvalue weighted by atomic mass is 9.85. The van der Waals surface area contributed by atoms with Gasteiger partial charge >= 0.3 is 0 Å². The summed E-state index contributed by atoms with van der Waals surface area (Å²) in [6, 6.07) is 0. The summed E-state index contributed by atoms with van der Waals surface area (Å²) in [6.45, 7) is 7.82. The number of hydrogen-bond donors (Lipinski definition) is 2. The molecule has 0 aliphatic heterocycles. The molecule has 2 nitrogen and oxygen atoms in total. The van der Waals surface area contributed by atoms with Gasteiger partial charge < -0.3 is 10.2 Å². The smallest absolute Gasteiger partial charge is 0.0644 e. The van der Waals surface area contributed by atoms with E-state index in [9.17, 15) is 10.2 Å². The topological polar surface area (TPSA) is 40.5 Å². The fourth-order valence-electron chi connectivity index (χ4n) is 2.11. The van der Waals surface area contributed by atoms with Crippen molar-refractivity contribution in [1.29, 1.82) is 0 Å². The second-order valence-electron chi connectivity index (χ2n) is 4.43. The molecular formula is C9H18O2. The van der Waals surface area contributed by atoms with Crippen LogP contribution in [0.2, 0.25) is 0 Å². The number of hydrogen-bond acceptors (Lipinski definition) is 2. The molecule has 0 heterocycles. The number of aliphatic hydroxyl groups excluding tert-OH is 2. The molecule has 0 spiro atoms. The average molecular weight is 158 g/mol. The summed E-state index contributed by atoms with van der Waals surface area (Å²) in [5, 5.41) is 19.4. The van der Waals surface area contributed by atoms with E-state index in [2.05, 4.69) is 0 Å². The zero-order valence-corrected chi connectivity index (χ0v) is 7.70. The first-order chi connectivity index (χ1) is 4.89. The first-order valence-corrected chi connectivity index (χ1v) is 4.25. The summed E-state index contributed by atoms with van der Waals surface area (Å²) in [6.07, 6.45) is -0.736. The van der Waals surface area contributed by atoms with Crippen molar-refractivity contribution in [3.05, 3.63) is 0 Å². The summed E-state index contributed by atoms with van der Waals surface area (Å²) >= 11 is 0. The predicted octanol–water partition coefficient (Wildman–Crippen LogP) is 1.02. The van der Waals surface area contributed by atoms with Gasteiger partial charge in [0, 0.05) is 5.41 Å². The van der Waals surface area contributed by atoms with Gasteiger partial charge in [-0.2, -0.15) is 0 Å². The highest BCUT2D eigenvalue weighted by atomic mass is 16.3. The Bertz CT molecular complexity index is 138. The van der Waals surface area contributed by atoms with Crippen LogP contribution < -0.4 is 0 Å². The molecule has 4 unspecified atom stereocenters. The van der Waals surface area contributed by atoms with Crippen LogP contribution in [0.1, 0.15) is 27.7 Å². The van der Waals surface area contributed by atoms with E-state index in [0.29, 0.717) is 0 Å². The molecule has 0 saturated heterocycles. The van der Waals surface area contributed by atoms with E-state index in [1.54, 1.807) is 0 Å². The number of rotatable bonds is 0. The minimum atomic E-state index is -0.368. The third-order valence-corrected chi connectivity index (χ3v) is 3.35. The van der Waals surface area contributed by atoms with Gasteiger partial charge in [0.15, 0.2) is 0 Å². The molecule has 1 aliphatic rings. The quantitative estimate of drug-likeness (QED) is 0.552. The minimum Gasteiger partial charge on any atom is -0.392 e. The van der Waals surface area contributed by atoms with E-state index in [4.69, 9.17) is 0 Å². The Kier molecular flexibility index (Phi) is 2.01. The third kappa shape index (κ3) is 1.09. The highest BCUT2D eigenvalue weighted by molar-refractivity contribution is 4.99. The SMILES string of the molecule is CC1C(C)C(O)C(C)(C)C1O. The molecule has 11 heavy (non-hydrogen) atoms. The maximum atomic E-state index is 9.71. The van der Waals surface area contributed by atoms with Gasteiger partial charge in [-0.1, -0.05) is 27.7 Å². The van der Waals surface area contributed by atoms with Crippen LogP contribution in [0.5, 0.6) is 0 Å². The summed E-state index contributed by atoms with van der Waals surface area (Å²) < 4.78 is 0. The molecule has 1 aliphatic carbocycles. The molecule has 0 aromatic carbocycles. The van der Waals surface area contributed by atoms with E-state index in [1.807, 2.05) is 27.7 Å². The molecule has 66 valence electrons. The molecule has 1 rings (SSSR count). The molecule has 2 heteroatoms. The second kappa shape index (κ2) is 2.46. The molecule has 1 fully saturated rings. The van der Waals surface area contributed by atoms with Gasteiger partial charge in [0.05, 0.1) is 12.2 Å². The third-order valence-electron chi connectivity index (χ3n) is 3.35. The molecule has 4 atom stereocenters. The van der Waals surface area contributed by atoms with Gasteiger partial charge in [0.25, 0.3) is 0 Å². The predicted molar refractivity (Wildman–Crippen MR) is 44.1 cm³/mol. The van der Waals surface area contributed by atoms with Crippen molar-refractivity contribution in [2.45, 2.75) is 39.9 Å². The summed E-state index contributed by atoms with van der Waals surface area (Å²) in [4.78, 5) is 0. The Balaban J connectivity index is 2.87. The average Bonchev–Trinajstić information content (AvgIpc) is 2.06. The summed E-state index contributed by atoms with van der Waals surface area (Å²) in [5.74, 6) is 0.417. The van der Waals surface area contributed by atoms with Crippen LogP contribution in [0.15, 0.2) is 0 Å². The van der Waals surface area contributed by atoms with Crippen molar-refractivity contribution < 1.29 is 10.2 Å². The molecule has 0 aromatic rings. The monoisotopic (exact) mass is 158 g/mol. The maximum Gasteiger partial charge on any atom is 0.0644 e. The molecule has 0 aromatic heterocycles. The van der Waals surface area contributed by atoms with Crippen LogP contribution in [0.25, 0.3) is 0 Å². The first-order valence-electron chi connectivity index (χ1n) is 4.25. The summed E-state index contributed by atoms with van der Waals surface area (Å²) in [5.41, 5.74) is -0.334. The van der Waals surface area contributed by atoms with Crippen molar-refractivity contribution in [3.8, 4) is 0 Å². The Morgan fingerprint density at radius 2 is 1.18 bits per heavy atom. The van der Waals surface area contributed by atoms with Crippen molar-refractivity contribution in [2.24, 2.45) is 17.3 Å². The van der Waals surface area contributed by atoms with Crippen molar-refractivity contribution >= 4 is 0 Å². The number of aliphatic hydroxyl groups is 2. The van der Waals surface area contributed by atoms with Gasteiger partial charge in [0.1, 0.15) is 0 Å². The zero-order chi connectivity index (χ0) is 8.81. The van der Waals surface area contributed by atoms with Crippen molar-refractivity contribution in [2.75, 3.05) is 0 Å². The minimum absolute atomic E-state index is 0.208. The molecule has 2 N–H and O–H groups in total. The fourth-order valence-corrected chi connectivity index (χ4v) is 2.11. The van der Waals surface area contributed by atoms with E-state index >= 15 is 0 Å². The standard InChI is InChI=1S/C9H18O2/c1-5-6(2)8(11)9(3,4)7(5)10/h5-8,10-11H,1-4H3. The normalized spacial score (nSPS) is 49.6. The lowest BCUT2D eigenvalue weighted by Crippen LogP contribution is -2.34. The Morgan fingerprint density at radius 1 is 0.909 bits per heavy atom. The van der Waals surface area contributed by atoms with Crippen LogP contribution in [-0.4, -0.2) is 22.4 Å². The Hall–Kier alpha value is -0.0800.